The van der Waals surface area contributed by atoms with Gasteiger partial charge in [0.15, 0.2) is 22.5 Å². The van der Waals surface area contributed by atoms with Gasteiger partial charge >= 0.3 is 0 Å². The zero-order valence-corrected chi connectivity index (χ0v) is 15.0. The van der Waals surface area contributed by atoms with E-state index in [0.717, 1.165) is 5.56 Å². The van der Waals surface area contributed by atoms with E-state index in [2.05, 4.69) is 20.3 Å². The number of nitrogens with zero attached hydrogens (tertiary/aromatic N) is 3. The molecule has 2 heterocycles. The van der Waals surface area contributed by atoms with Gasteiger partial charge in [-0.2, -0.15) is 0 Å². The van der Waals surface area contributed by atoms with E-state index >= 15 is 0 Å². The third kappa shape index (κ3) is 3.78. The predicted molar refractivity (Wildman–Crippen MR) is 99.5 cm³/mol. The maximum atomic E-state index is 12.3. The number of nitrogens with two attached hydrogens (primary N) is 2. The van der Waals surface area contributed by atoms with Crippen LogP contribution in [0.2, 0.25) is 15.2 Å². The number of nitrogens with one attached hydrogen (secondary N) is 1. The summed E-state index contributed by atoms with van der Waals surface area (Å²) in [6, 6.07) is 5.43. The van der Waals surface area contributed by atoms with Crippen molar-refractivity contribution in [2.24, 2.45) is 4.99 Å². The first kappa shape index (κ1) is 17.7. The van der Waals surface area contributed by atoms with Crippen LogP contribution in [-0.2, 0) is 0 Å². The second-order valence-corrected chi connectivity index (χ2v) is 6.62. The minimum absolute atomic E-state index is 0.0337. The van der Waals surface area contributed by atoms with Gasteiger partial charge in [0.25, 0.3) is 5.91 Å². The molecular weight excluding hydrogens is 387 g/mol. The van der Waals surface area contributed by atoms with Crippen LogP contribution in [0.1, 0.15) is 28.4 Å². The molecule has 1 aromatic carbocycles. The highest BCUT2D eigenvalue weighted by Crippen LogP contribution is 2.30. The maximum absolute atomic E-state index is 12.3. The Morgan fingerprint density at radius 3 is 2.60 bits per heavy atom. The molecule has 1 amide bonds. The van der Waals surface area contributed by atoms with E-state index in [1.54, 1.807) is 12.1 Å². The van der Waals surface area contributed by atoms with Gasteiger partial charge in [-0.25, -0.2) is 9.97 Å². The Hall–Kier alpha value is -2.09. The number of nitrogen functional groups attached to an aromatic ring is 2. The van der Waals surface area contributed by atoms with Crippen molar-refractivity contribution in [1.82, 2.24) is 15.3 Å². The van der Waals surface area contributed by atoms with Crippen LogP contribution in [-0.4, -0.2) is 28.3 Å². The SMILES string of the molecule is Nc1nc(N)c(C(=O)NC2=NCC(c3ccc(Cl)c(Cl)c3)C2)nc1Cl. The molecule has 0 radical (unpaired) electrons. The van der Waals surface area contributed by atoms with E-state index in [9.17, 15) is 4.79 Å². The lowest BCUT2D eigenvalue weighted by atomic mass is 9.97. The first-order valence-electron chi connectivity index (χ1n) is 7.23. The fraction of sp³-hybridized carbons (Fsp3) is 0.200. The van der Waals surface area contributed by atoms with Crippen LogP contribution in [0.4, 0.5) is 11.6 Å². The second kappa shape index (κ2) is 7.03. The highest BCUT2D eigenvalue weighted by Gasteiger charge is 2.24. The molecule has 25 heavy (non-hydrogen) atoms. The van der Waals surface area contributed by atoms with Gasteiger partial charge in [-0.3, -0.25) is 9.79 Å². The van der Waals surface area contributed by atoms with E-state index in [1.165, 1.54) is 0 Å². The lowest BCUT2D eigenvalue weighted by molar-refractivity contribution is 0.0972. The van der Waals surface area contributed by atoms with E-state index in [-0.39, 0.29) is 28.4 Å². The largest absolute Gasteiger partial charge is 0.382 e. The van der Waals surface area contributed by atoms with Gasteiger partial charge in [-0.15, -0.1) is 0 Å². The molecule has 2 aromatic rings. The normalized spacial score (nSPS) is 16.6. The maximum Gasteiger partial charge on any atom is 0.279 e. The first-order valence-corrected chi connectivity index (χ1v) is 8.36. The highest BCUT2D eigenvalue weighted by molar-refractivity contribution is 6.42. The van der Waals surface area contributed by atoms with Gasteiger partial charge in [0, 0.05) is 18.9 Å². The quantitative estimate of drug-likeness (QED) is 0.717. The van der Waals surface area contributed by atoms with Crippen molar-refractivity contribution >= 4 is 58.2 Å². The van der Waals surface area contributed by atoms with Crippen LogP contribution < -0.4 is 16.8 Å². The van der Waals surface area contributed by atoms with Gasteiger partial charge in [0.05, 0.1) is 10.0 Å². The molecule has 1 aliphatic rings. The Balaban J connectivity index is 1.69. The van der Waals surface area contributed by atoms with Crippen molar-refractivity contribution in [3.63, 3.8) is 0 Å². The van der Waals surface area contributed by atoms with Crippen molar-refractivity contribution < 1.29 is 4.79 Å². The minimum atomic E-state index is -0.541. The summed E-state index contributed by atoms with van der Waals surface area (Å²) in [5.74, 6) is -0.0493. The van der Waals surface area contributed by atoms with Crippen LogP contribution in [0.25, 0.3) is 0 Å². The van der Waals surface area contributed by atoms with Gasteiger partial charge in [0.2, 0.25) is 0 Å². The predicted octanol–water partition coefficient (Wildman–Crippen LogP) is 2.92. The van der Waals surface area contributed by atoms with Crippen molar-refractivity contribution in [1.29, 1.82) is 0 Å². The number of aromatic nitrogens is 2. The van der Waals surface area contributed by atoms with Gasteiger partial charge in [-0.1, -0.05) is 40.9 Å². The molecule has 10 heteroatoms. The molecule has 0 spiro atoms. The number of carbonyl (C=O) groups excluding carboxylic acids is 1. The molecule has 0 fully saturated rings. The lowest BCUT2D eigenvalue weighted by Gasteiger charge is -2.11. The number of benzene rings is 1. The summed E-state index contributed by atoms with van der Waals surface area (Å²) in [5, 5.41) is 3.57. The van der Waals surface area contributed by atoms with Crippen molar-refractivity contribution in [2.75, 3.05) is 18.0 Å². The third-order valence-corrected chi connectivity index (χ3v) is 4.75. The fourth-order valence-corrected chi connectivity index (χ4v) is 2.90. The number of anilines is 2. The number of hydrogen-bond donors (Lipinski definition) is 3. The molecule has 1 aliphatic heterocycles. The fourth-order valence-electron chi connectivity index (χ4n) is 2.46. The Labute approximate surface area is 158 Å². The zero-order chi connectivity index (χ0) is 18.1. The molecule has 0 saturated carbocycles. The smallest absolute Gasteiger partial charge is 0.279 e. The second-order valence-electron chi connectivity index (χ2n) is 5.45. The number of halogens is 3. The number of amidine groups is 1. The zero-order valence-electron chi connectivity index (χ0n) is 12.8. The van der Waals surface area contributed by atoms with Crippen molar-refractivity contribution in [3.8, 4) is 0 Å². The van der Waals surface area contributed by atoms with Crippen LogP contribution in [0.5, 0.6) is 0 Å². The summed E-state index contributed by atoms with van der Waals surface area (Å²) in [4.78, 5) is 24.3. The first-order chi connectivity index (χ1) is 11.8. The molecule has 1 aromatic heterocycles. The molecule has 1 unspecified atom stereocenters. The topological polar surface area (TPSA) is 119 Å². The van der Waals surface area contributed by atoms with Crippen molar-refractivity contribution in [2.45, 2.75) is 12.3 Å². The minimum Gasteiger partial charge on any atom is -0.382 e. The van der Waals surface area contributed by atoms with Crippen LogP contribution in [0.3, 0.4) is 0 Å². The molecule has 0 aliphatic carbocycles. The standard InChI is InChI=1S/C15H13Cl3N6O/c16-8-2-1-6(3-9(8)17)7-4-10(21-5-7)22-15(25)11-13(19)24-14(20)12(18)23-11/h1-3,7H,4-5H2,(H4,19,20,24)(H,21,22,25). The van der Waals surface area contributed by atoms with Crippen LogP contribution in [0, 0.1) is 0 Å². The van der Waals surface area contributed by atoms with Crippen LogP contribution >= 0.6 is 34.8 Å². The summed E-state index contributed by atoms with van der Waals surface area (Å²) in [5.41, 5.74) is 12.1. The van der Waals surface area contributed by atoms with E-state index < -0.39 is 5.91 Å². The molecule has 0 saturated heterocycles. The number of hydrogen-bond acceptors (Lipinski definition) is 6. The summed E-state index contributed by atoms with van der Waals surface area (Å²) < 4.78 is 0. The highest BCUT2D eigenvalue weighted by atomic mass is 35.5. The Kier molecular flexibility index (Phi) is 4.99. The van der Waals surface area contributed by atoms with Crippen molar-refractivity contribution in [3.05, 3.63) is 44.7 Å². The van der Waals surface area contributed by atoms with Gasteiger partial charge < -0.3 is 16.8 Å². The molecule has 7 nitrogen and oxygen atoms in total. The summed E-state index contributed by atoms with van der Waals surface area (Å²) in [6.45, 7) is 0.525. The van der Waals surface area contributed by atoms with Gasteiger partial charge in [-0.05, 0) is 17.7 Å². The van der Waals surface area contributed by atoms with E-state index in [1.807, 2.05) is 6.07 Å². The Morgan fingerprint density at radius 2 is 1.88 bits per heavy atom. The molecule has 0 bridgehead atoms. The average Bonchev–Trinajstić information content (AvgIpc) is 3.02. The third-order valence-electron chi connectivity index (χ3n) is 3.74. The summed E-state index contributed by atoms with van der Waals surface area (Å²) >= 11 is 17.8. The number of aliphatic imine (C=N–C) groups is 1. The van der Waals surface area contributed by atoms with E-state index in [0.29, 0.717) is 28.8 Å². The molecule has 1 atom stereocenters. The molecule has 5 N–H and O–H groups in total. The number of amides is 1. The molecule has 130 valence electrons. The monoisotopic (exact) mass is 398 g/mol. The Morgan fingerprint density at radius 1 is 1.12 bits per heavy atom. The summed E-state index contributed by atoms with van der Waals surface area (Å²) in [6.07, 6.45) is 0.541. The molecule has 3 rings (SSSR count). The summed E-state index contributed by atoms with van der Waals surface area (Å²) in [7, 11) is 0. The number of carbonyl (C=O) groups is 1. The van der Waals surface area contributed by atoms with Crippen LogP contribution in [0.15, 0.2) is 23.2 Å². The average molecular weight is 400 g/mol. The molecular formula is C15H13Cl3N6O. The lowest BCUT2D eigenvalue weighted by Crippen LogP contribution is -2.31. The van der Waals surface area contributed by atoms with Gasteiger partial charge in [0.1, 0.15) is 5.84 Å². The Bertz CT molecular complexity index is 886. The van der Waals surface area contributed by atoms with E-state index in [4.69, 9.17) is 46.3 Å². The number of rotatable bonds is 2.